The van der Waals surface area contributed by atoms with Crippen LogP contribution in [0.3, 0.4) is 0 Å². The minimum absolute atomic E-state index is 0.0635. The molecule has 0 atom stereocenters. The summed E-state index contributed by atoms with van der Waals surface area (Å²) in [5.41, 5.74) is 1.17. The van der Waals surface area contributed by atoms with E-state index in [4.69, 9.17) is 4.74 Å². The molecule has 0 heterocycles. The highest BCUT2D eigenvalue weighted by molar-refractivity contribution is 5.75. The van der Waals surface area contributed by atoms with Gasteiger partial charge in [-0.05, 0) is 26.8 Å². The molecule has 0 fully saturated rings. The summed E-state index contributed by atoms with van der Waals surface area (Å²) in [4.78, 5) is 13.1. The summed E-state index contributed by atoms with van der Waals surface area (Å²) in [5, 5.41) is 3.44. The average molecular weight is 278 g/mol. The van der Waals surface area contributed by atoms with Crippen LogP contribution in [-0.2, 0) is 11.3 Å². The average Bonchev–Trinajstić information content (AvgIpc) is 2.36. The van der Waals surface area contributed by atoms with E-state index in [2.05, 4.69) is 26.1 Å². The standard InChI is InChI=1S/C16H26N2O2/c1-16(2,3)17-12-13-8-6-7-9-14(13)20-11-10-15(19)18(4)5/h6-9,17H,10-12H2,1-5H3. The number of carbonyl (C=O) groups is 1. The summed E-state index contributed by atoms with van der Waals surface area (Å²) >= 11 is 0. The van der Waals surface area contributed by atoms with Gasteiger partial charge in [-0.1, -0.05) is 18.2 Å². The second-order valence-electron chi connectivity index (χ2n) is 6.10. The molecule has 1 aromatic carbocycles. The van der Waals surface area contributed by atoms with E-state index in [0.29, 0.717) is 13.0 Å². The van der Waals surface area contributed by atoms with E-state index in [-0.39, 0.29) is 11.4 Å². The number of nitrogens with one attached hydrogen (secondary N) is 1. The zero-order valence-corrected chi connectivity index (χ0v) is 13.2. The quantitative estimate of drug-likeness (QED) is 0.869. The van der Waals surface area contributed by atoms with Gasteiger partial charge in [0.1, 0.15) is 5.75 Å². The van der Waals surface area contributed by atoms with Gasteiger partial charge in [-0.15, -0.1) is 0 Å². The van der Waals surface area contributed by atoms with E-state index in [0.717, 1.165) is 17.9 Å². The molecule has 112 valence electrons. The minimum Gasteiger partial charge on any atom is -0.493 e. The van der Waals surface area contributed by atoms with Crippen molar-refractivity contribution >= 4 is 5.91 Å². The maximum absolute atomic E-state index is 11.5. The fourth-order valence-corrected chi connectivity index (χ4v) is 1.62. The van der Waals surface area contributed by atoms with Crippen molar-refractivity contribution in [3.63, 3.8) is 0 Å². The van der Waals surface area contributed by atoms with E-state index < -0.39 is 0 Å². The molecule has 0 aromatic heterocycles. The molecule has 4 nitrogen and oxygen atoms in total. The van der Waals surface area contributed by atoms with E-state index in [1.807, 2.05) is 24.3 Å². The Hall–Kier alpha value is -1.55. The molecule has 1 aromatic rings. The van der Waals surface area contributed by atoms with Crippen LogP contribution in [-0.4, -0.2) is 37.0 Å². The Kier molecular flexibility index (Phi) is 6.02. The Morgan fingerprint density at radius 1 is 1.25 bits per heavy atom. The van der Waals surface area contributed by atoms with Crippen LogP contribution in [0, 0.1) is 0 Å². The Morgan fingerprint density at radius 2 is 1.90 bits per heavy atom. The van der Waals surface area contributed by atoms with E-state index in [9.17, 15) is 4.79 Å². The van der Waals surface area contributed by atoms with Crippen LogP contribution < -0.4 is 10.1 Å². The van der Waals surface area contributed by atoms with E-state index in [1.165, 1.54) is 0 Å². The predicted molar refractivity (Wildman–Crippen MR) is 81.8 cm³/mol. The number of rotatable bonds is 6. The van der Waals surface area contributed by atoms with Crippen molar-refractivity contribution < 1.29 is 9.53 Å². The Bertz CT molecular complexity index is 436. The van der Waals surface area contributed by atoms with Crippen LogP contribution in [0.4, 0.5) is 0 Å². The molecular formula is C16H26N2O2. The lowest BCUT2D eigenvalue weighted by atomic mass is 10.1. The number of hydrogen-bond donors (Lipinski definition) is 1. The van der Waals surface area contributed by atoms with Gasteiger partial charge in [0.05, 0.1) is 13.0 Å². The largest absolute Gasteiger partial charge is 0.493 e. The second-order valence-corrected chi connectivity index (χ2v) is 6.10. The van der Waals surface area contributed by atoms with E-state index >= 15 is 0 Å². The molecule has 0 spiro atoms. The van der Waals surface area contributed by atoms with Crippen molar-refractivity contribution in [3.05, 3.63) is 29.8 Å². The van der Waals surface area contributed by atoms with Gasteiger partial charge in [-0.25, -0.2) is 0 Å². The molecule has 0 bridgehead atoms. The Morgan fingerprint density at radius 3 is 2.50 bits per heavy atom. The van der Waals surface area contributed by atoms with Crippen molar-refractivity contribution in [1.29, 1.82) is 0 Å². The van der Waals surface area contributed by atoms with Crippen molar-refractivity contribution in [1.82, 2.24) is 10.2 Å². The second kappa shape index (κ2) is 7.29. The van der Waals surface area contributed by atoms with Gasteiger partial charge in [-0.3, -0.25) is 4.79 Å². The van der Waals surface area contributed by atoms with Crippen LogP contribution in [0.1, 0.15) is 32.8 Å². The molecule has 1 N–H and O–H groups in total. The van der Waals surface area contributed by atoms with Crippen molar-refractivity contribution in [2.45, 2.75) is 39.3 Å². The highest BCUT2D eigenvalue weighted by Crippen LogP contribution is 2.19. The highest BCUT2D eigenvalue weighted by Gasteiger charge is 2.11. The molecule has 0 unspecified atom stereocenters. The molecule has 20 heavy (non-hydrogen) atoms. The summed E-state index contributed by atoms with van der Waals surface area (Å²) < 4.78 is 5.74. The first-order chi connectivity index (χ1) is 9.29. The van der Waals surface area contributed by atoms with Crippen LogP contribution >= 0.6 is 0 Å². The monoisotopic (exact) mass is 278 g/mol. The third-order valence-electron chi connectivity index (χ3n) is 2.85. The number of para-hydroxylation sites is 1. The van der Waals surface area contributed by atoms with Gasteiger partial charge >= 0.3 is 0 Å². The van der Waals surface area contributed by atoms with E-state index in [1.54, 1.807) is 19.0 Å². The van der Waals surface area contributed by atoms with Crippen LogP contribution in [0.25, 0.3) is 0 Å². The zero-order valence-electron chi connectivity index (χ0n) is 13.2. The number of amides is 1. The first-order valence-electron chi connectivity index (χ1n) is 6.95. The lowest BCUT2D eigenvalue weighted by Gasteiger charge is -2.21. The molecule has 4 heteroatoms. The van der Waals surface area contributed by atoms with Crippen molar-refractivity contribution in [2.75, 3.05) is 20.7 Å². The van der Waals surface area contributed by atoms with Gasteiger partial charge in [-0.2, -0.15) is 0 Å². The summed E-state index contributed by atoms with van der Waals surface area (Å²) in [6, 6.07) is 7.93. The number of benzene rings is 1. The molecule has 1 amide bonds. The van der Waals surface area contributed by atoms with Gasteiger partial charge in [0.2, 0.25) is 5.91 Å². The van der Waals surface area contributed by atoms with Crippen LogP contribution in [0.15, 0.2) is 24.3 Å². The normalized spacial score (nSPS) is 11.2. The topological polar surface area (TPSA) is 41.6 Å². The van der Waals surface area contributed by atoms with Gasteiger partial charge in [0, 0.05) is 31.7 Å². The van der Waals surface area contributed by atoms with Gasteiger partial charge in [0.25, 0.3) is 0 Å². The van der Waals surface area contributed by atoms with Crippen LogP contribution in [0.5, 0.6) is 5.75 Å². The third-order valence-corrected chi connectivity index (χ3v) is 2.85. The molecule has 0 aliphatic rings. The Labute approximate surface area is 122 Å². The van der Waals surface area contributed by atoms with Crippen molar-refractivity contribution in [2.24, 2.45) is 0 Å². The van der Waals surface area contributed by atoms with Gasteiger partial charge in [0.15, 0.2) is 0 Å². The molecule has 0 radical (unpaired) electrons. The molecule has 0 aliphatic carbocycles. The maximum atomic E-state index is 11.5. The summed E-state index contributed by atoms with van der Waals surface area (Å²) in [6.45, 7) is 7.55. The molecule has 0 saturated carbocycles. The predicted octanol–water partition coefficient (Wildman–Crippen LogP) is 2.43. The molecule has 0 aliphatic heterocycles. The lowest BCUT2D eigenvalue weighted by Crippen LogP contribution is -2.35. The summed E-state index contributed by atoms with van der Waals surface area (Å²) in [7, 11) is 3.51. The Balaban J connectivity index is 2.55. The fraction of sp³-hybridized carbons (Fsp3) is 0.562. The molecular weight excluding hydrogens is 252 g/mol. The zero-order chi connectivity index (χ0) is 15.2. The lowest BCUT2D eigenvalue weighted by molar-refractivity contribution is -0.129. The van der Waals surface area contributed by atoms with Crippen molar-refractivity contribution in [3.8, 4) is 5.75 Å². The summed E-state index contributed by atoms with van der Waals surface area (Å²) in [5.74, 6) is 0.922. The van der Waals surface area contributed by atoms with Gasteiger partial charge < -0.3 is 15.0 Å². The SMILES string of the molecule is CN(C)C(=O)CCOc1ccccc1CNC(C)(C)C. The first-order valence-corrected chi connectivity index (χ1v) is 6.95. The number of carbonyl (C=O) groups excluding carboxylic acids is 1. The smallest absolute Gasteiger partial charge is 0.225 e. The summed E-state index contributed by atoms with van der Waals surface area (Å²) in [6.07, 6.45) is 0.397. The highest BCUT2D eigenvalue weighted by atomic mass is 16.5. The maximum Gasteiger partial charge on any atom is 0.225 e. The molecule has 1 rings (SSSR count). The minimum atomic E-state index is 0.0635. The van der Waals surface area contributed by atoms with Crippen LogP contribution in [0.2, 0.25) is 0 Å². The first kappa shape index (κ1) is 16.5. The number of hydrogen-bond acceptors (Lipinski definition) is 3. The number of nitrogens with zero attached hydrogens (tertiary/aromatic N) is 1. The molecule has 0 saturated heterocycles. The fourth-order valence-electron chi connectivity index (χ4n) is 1.62. The number of ether oxygens (including phenoxy) is 1. The third kappa shape index (κ3) is 6.06.